The van der Waals surface area contributed by atoms with Crippen LogP contribution in [-0.2, 0) is 9.84 Å². The molecule has 6 nitrogen and oxygen atoms in total. The fourth-order valence-corrected chi connectivity index (χ4v) is 4.00. The zero-order chi connectivity index (χ0) is 15.7. The Bertz CT molecular complexity index is 816. The largest absolute Gasteiger partial charge is 0.350 e. The number of nitrogens with one attached hydrogen (secondary N) is 1. The molecule has 1 aliphatic rings. The summed E-state index contributed by atoms with van der Waals surface area (Å²) in [7, 11) is -3.07. The van der Waals surface area contributed by atoms with Gasteiger partial charge in [-0.3, -0.25) is 4.79 Å². The molecular formula is C14H13FN2O4S. The predicted octanol–water partition coefficient (Wildman–Crippen LogP) is 1.40. The highest BCUT2D eigenvalue weighted by Gasteiger charge is 2.30. The second-order valence-electron chi connectivity index (χ2n) is 5.16. The molecule has 0 bridgehead atoms. The summed E-state index contributed by atoms with van der Waals surface area (Å²) in [6.45, 7) is 0. The molecule has 8 heteroatoms. The van der Waals surface area contributed by atoms with E-state index in [1.165, 1.54) is 24.3 Å². The predicted molar refractivity (Wildman–Crippen MR) is 76.4 cm³/mol. The van der Waals surface area contributed by atoms with Gasteiger partial charge in [-0.05, 0) is 18.6 Å². The van der Waals surface area contributed by atoms with Crippen LogP contribution in [0.3, 0.4) is 0 Å². The van der Waals surface area contributed by atoms with Gasteiger partial charge in [-0.25, -0.2) is 12.8 Å². The van der Waals surface area contributed by atoms with Crippen LogP contribution in [-0.4, -0.2) is 37.0 Å². The van der Waals surface area contributed by atoms with Crippen molar-refractivity contribution in [1.29, 1.82) is 0 Å². The van der Waals surface area contributed by atoms with Crippen molar-refractivity contribution in [2.75, 3.05) is 11.5 Å². The molecule has 3 rings (SSSR count). The molecule has 1 aromatic carbocycles. The van der Waals surface area contributed by atoms with Gasteiger partial charge in [-0.2, -0.15) is 0 Å². The molecule has 2 heterocycles. The van der Waals surface area contributed by atoms with Crippen molar-refractivity contribution in [3.8, 4) is 11.3 Å². The van der Waals surface area contributed by atoms with E-state index in [4.69, 9.17) is 4.52 Å². The van der Waals surface area contributed by atoms with Crippen molar-refractivity contribution in [3.63, 3.8) is 0 Å². The molecule has 1 saturated heterocycles. The molecule has 1 N–H and O–H groups in total. The second kappa shape index (κ2) is 5.53. The Balaban J connectivity index is 1.72. The topological polar surface area (TPSA) is 89.3 Å². The molecule has 1 fully saturated rings. The van der Waals surface area contributed by atoms with Crippen LogP contribution >= 0.6 is 0 Å². The van der Waals surface area contributed by atoms with Gasteiger partial charge in [0.15, 0.2) is 9.84 Å². The van der Waals surface area contributed by atoms with Crippen LogP contribution < -0.4 is 5.32 Å². The number of nitrogens with zero attached hydrogens (tertiary/aromatic N) is 1. The van der Waals surface area contributed by atoms with E-state index in [1.807, 2.05) is 0 Å². The van der Waals surface area contributed by atoms with Gasteiger partial charge in [-0.1, -0.05) is 17.3 Å². The Morgan fingerprint density at radius 3 is 2.86 bits per heavy atom. The van der Waals surface area contributed by atoms with Crippen molar-refractivity contribution < 1.29 is 22.1 Å². The molecule has 22 heavy (non-hydrogen) atoms. The van der Waals surface area contributed by atoms with Crippen LogP contribution in [0.5, 0.6) is 0 Å². The molecule has 1 unspecified atom stereocenters. The SMILES string of the molecule is O=C(NC1CCS(=O)(=O)C1)c1cc(-c2cccc(F)c2)no1. The molecule has 1 aliphatic heterocycles. The van der Waals surface area contributed by atoms with Gasteiger partial charge in [0.2, 0.25) is 5.76 Å². The Kier molecular flexibility index (Phi) is 3.69. The summed E-state index contributed by atoms with van der Waals surface area (Å²) < 4.78 is 40.8. The fourth-order valence-electron chi connectivity index (χ4n) is 2.33. The van der Waals surface area contributed by atoms with Gasteiger partial charge >= 0.3 is 0 Å². The molecule has 1 atom stereocenters. The number of benzene rings is 1. The molecule has 2 aromatic rings. The number of rotatable bonds is 3. The Hall–Kier alpha value is -2.22. The maximum atomic E-state index is 13.2. The van der Waals surface area contributed by atoms with Crippen LogP contribution in [0.2, 0.25) is 0 Å². The van der Waals surface area contributed by atoms with E-state index in [-0.39, 0.29) is 17.3 Å². The Labute approximate surface area is 126 Å². The number of hydrogen-bond acceptors (Lipinski definition) is 5. The van der Waals surface area contributed by atoms with E-state index >= 15 is 0 Å². The molecule has 116 valence electrons. The van der Waals surface area contributed by atoms with Crippen LogP contribution in [0.4, 0.5) is 4.39 Å². The molecule has 0 saturated carbocycles. The first-order valence-corrected chi connectivity index (χ1v) is 8.49. The van der Waals surface area contributed by atoms with Crippen LogP contribution in [0.25, 0.3) is 11.3 Å². The van der Waals surface area contributed by atoms with Gasteiger partial charge in [0.25, 0.3) is 5.91 Å². The number of carbonyl (C=O) groups is 1. The number of amides is 1. The molecule has 1 aromatic heterocycles. The highest BCUT2D eigenvalue weighted by atomic mass is 32.2. The molecular weight excluding hydrogens is 311 g/mol. The van der Waals surface area contributed by atoms with Crippen molar-refractivity contribution in [3.05, 3.63) is 41.9 Å². The number of sulfone groups is 1. The van der Waals surface area contributed by atoms with Crippen molar-refractivity contribution in [2.24, 2.45) is 0 Å². The number of halogens is 1. The summed E-state index contributed by atoms with van der Waals surface area (Å²) in [4.78, 5) is 12.0. The maximum absolute atomic E-state index is 13.2. The van der Waals surface area contributed by atoms with Gasteiger partial charge in [0.1, 0.15) is 11.5 Å². The zero-order valence-electron chi connectivity index (χ0n) is 11.5. The van der Waals surface area contributed by atoms with Crippen LogP contribution in [0.15, 0.2) is 34.9 Å². The van der Waals surface area contributed by atoms with E-state index in [0.29, 0.717) is 17.7 Å². The third-order valence-corrected chi connectivity index (χ3v) is 5.19. The summed E-state index contributed by atoms with van der Waals surface area (Å²) in [5.74, 6) is -0.976. The number of carbonyl (C=O) groups excluding carboxylic acids is 1. The summed E-state index contributed by atoms with van der Waals surface area (Å²) >= 11 is 0. The zero-order valence-corrected chi connectivity index (χ0v) is 12.3. The minimum atomic E-state index is -3.07. The smallest absolute Gasteiger partial charge is 0.290 e. The van der Waals surface area contributed by atoms with Crippen molar-refractivity contribution >= 4 is 15.7 Å². The van der Waals surface area contributed by atoms with E-state index in [0.717, 1.165) is 0 Å². The van der Waals surface area contributed by atoms with Gasteiger partial charge in [0.05, 0.1) is 11.5 Å². The summed E-state index contributed by atoms with van der Waals surface area (Å²) in [6, 6.07) is 6.74. The Morgan fingerprint density at radius 2 is 2.18 bits per heavy atom. The number of hydrogen-bond donors (Lipinski definition) is 1. The quantitative estimate of drug-likeness (QED) is 0.922. The average molecular weight is 324 g/mol. The lowest BCUT2D eigenvalue weighted by atomic mass is 10.1. The van der Waals surface area contributed by atoms with E-state index in [1.54, 1.807) is 6.07 Å². The first-order chi connectivity index (χ1) is 10.4. The number of aromatic nitrogens is 1. The van der Waals surface area contributed by atoms with Gasteiger partial charge < -0.3 is 9.84 Å². The first-order valence-electron chi connectivity index (χ1n) is 6.67. The Morgan fingerprint density at radius 1 is 1.36 bits per heavy atom. The minimum Gasteiger partial charge on any atom is -0.350 e. The van der Waals surface area contributed by atoms with Crippen molar-refractivity contribution in [2.45, 2.75) is 12.5 Å². The monoisotopic (exact) mass is 324 g/mol. The highest BCUT2D eigenvalue weighted by molar-refractivity contribution is 7.91. The highest BCUT2D eigenvalue weighted by Crippen LogP contribution is 2.20. The van der Waals surface area contributed by atoms with Crippen molar-refractivity contribution in [1.82, 2.24) is 10.5 Å². The third-order valence-electron chi connectivity index (χ3n) is 3.42. The maximum Gasteiger partial charge on any atom is 0.290 e. The van der Waals surface area contributed by atoms with E-state index < -0.39 is 27.6 Å². The van der Waals surface area contributed by atoms with Crippen LogP contribution in [0.1, 0.15) is 17.0 Å². The lowest BCUT2D eigenvalue weighted by Crippen LogP contribution is -2.35. The van der Waals surface area contributed by atoms with Gasteiger partial charge in [0, 0.05) is 17.7 Å². The standard InChI is InChI=1S/C14H13FN2O4S/c15-10-3-1-2-9(6-10)12-7-13(21-17-12)14(18)16-11-4-5-22(19,20)8-11/h1-3,6-7,11H,4-5,8H2,(H,16,18). The summed E-state index contributed by atoms with van der Waals surface area (Å²) in [6.07, 6.45) is 0.388. The van der Waals surface area contributed by atoms with E-state index in [2.05, 4.69) is 10.5 Å². The molecule has 0 aliphatic carbocycles. The fraction of sp³-hybridized carbons (Fsp3) is 0.286. The van der Waals surface area contributed by atoms with Crippen LogP contribution in [0, 0.1) is 5.82 Å². The molecule has 0 radical (unpaired) electrons. The second-order valence-corrected chi connectivity index (χ2v) is 7.39. The third kappa shape index (κ3) is 3.16. The average Bonchev–Trinajstić information content (AvgIpc) is 3.06. The summed E-state index contributed by atoms with van der Waals surface area (Å²) in [5, 5.41) is 6.33. The normalized spacial score (nSPS) is 20.0. The molecule has 0 spiro atoms. The van der Waals surface area contributed by atoms with E-state index in [9.17, 15) is 17.6 Å². The lowest BCUT2D eigenvalue weighted by Gasteiger charge is -2.07. The first kappa shape index (κ1) is 14.7. The lowest BCUT2D eigenvalue weighted by molar-refractivity contribution is 0.0904. The molecule has 1 amide bonds. The minimum absolute atomic E-state index is 0.0384. The van der Waals surface area contributed by atoms with Gasteiger partial charge in [-0.15, -0.1) is 0 Å². The summed E-state index contributed by atoms with van der Waals surface area (Å²) in [5.41, 5.74) is 0.829.